The van der Waals surface area contributed by atoms with Gasteiger partial charge in [0.05, 0.1) is 5.69 Å². The molecule has 0 fully saturated rings. The predicted octanol–water partition coefficient (Wildman–Crippen LogP) is -0.473. The molecule has 6 nitrogen and oxygen atoms in total. The molecule has 1 aromatic rings. The zero-order valence-electron chi connectivity index (χ0n) is 13.8. The molecule has 8 heteroatoms. The molecule has 114 valence electrons. The summed E-state index contributed by atoms with van der Waals surface area (Å²) in [5, 5.41) is 8.20. The number of hydrogen-bond acceptors (Lipinski definition) is 5. The first-order valence-electron chi connectivity index (χ1n) is 6.34. The van der Waals surface area contributed by atoms with Gasteiger partial charge in [-0.15, -0.1) is 0 Å². The minimum Gasteiger partial charge on any atom is -1.00 e. The quantitative estimate of drug-likeness (QED) is 0.350. The molecule has 0 saturated carbocycles. The summed E-state index contributed by atoms with van der Waals surface area (Å²) in [6, 6.07) is 8.88. The van der Waals surface area contributed by atoms with Crippen LogP contribution in [-0.2, 0) is 10.1 Å². The van der Waals surface area contributed by atoms with E-state index in [4.69, 9.17) is 0 Å². The predicted molar refractivity (Wildman–Crippen MR) is 82.1 cm³/mol. The minimum absolute atomic E-state index is 0. The van der Waals surface area contributed by atoms with Gasteiger partial charge in [0.15, 0.2) is 4.87 Å². The summed E-state index contributed by atoms with van der Waals surface area (Å²) < 4.78 is 32.6. The van der Waals surface area contributed by atoms with Crippen molar-refractivity contribution in [1.29, 1.82) is 0 Å². The average molecular weight is 331 g/mol. The first-order chi connectivity index (χ1) is 9.85. The standard InChI is InChI=1S/C14H17N3O3S.Na.H/c1-17(2)14(21(18,19)20)10-8-13(9-11-14)16-15-12-6-4-3-5-7-12;;/h3-11,13H,1-2H3,(H,18,19,20);;/q;+1;-1. The maximum Gasteiger partial charge on any atom is 1.00 e. The average Bonchev–Trinajstić information content (AvgIpc) is 2.45. The van der Waals surface area contributed by atoms with Crippen molar-refractivity contribution in [3.05, 3.63) is 54.6 Å². The van der Waals surface area contributed by atoms with Crippen molar-refractivity contribution in [2.45, 2.75) is 10.9 Å². The van der Waals surface area contributed by atoms with Gasteiger partial charge in [0, 0.05) is 0 Å². The van der Waals surface area contributed by atoms with Gasteiger partial charge in [0.1, 0.15) is 6.04 Å². The van der Waals surface area contributed by atoms with E-state index < -0.39 is 15.0 Å². The van der Waals surface area contributed by atoms with Crippen LogP contribution in [0.4, 0.5) is 5.69 Å². The summed E-state index contributed by atoms with van der Waals surface area (Å²) in [5.41, 5.74) is 0.721. The Hall–Kier alpha value is -0.830. The molecule has 0 aromatic heterocycles. The Morgan fingerprint density at radius 2 is 1.73 bits per heavy atom. The van der Waals surface area contributed by atoms with Gasteiger partial charge in [-0.2, -0.15) is 18.6 Å². The number of rotatable bonds is 4. The fourth-order valence-corrected chi connectivity index (χ4v) is 2.96. The van der Waals surface area contributed by atoms with Crippen LogP contribution in [0.15, 0.2) is 64.9 Å². The molecule has 1 aliphatic rings. The number of benzene rings is 1. The van der Waals surface area contributed by atoms with Gasteiger partial charge < -0.3 is 1.43 Å². The van der Waals surface area contributed by atoms with Gasteiger partial charge in [-0.1, -0.05) is 30.4 Å². The zero-order valence-corrected chi connectivity index (χ0v) is 15.6. The van der Waals surface area contributed by atoms with Gasteiger partial charge in [-0.25, -0.2) is 0 Å². The molecule has 0 amide bonds. The summed E-state index contributed by atoms with van der Waals surface area (Å²) in [6.07, 6.45) is 6.02. The second kappa shape index (κ2) is 7.63. The van der Waals surface area contributed by atoms with E-state index >= 15 is 0 Å². The van der Waals surface area contributed by atoms with Crippen molar-refractivity contribution in [3.8, 4) is 0 Å². The third kappa shape index (κ3) is 4.13. The molecule has 1 aromatic carbocycles. The Labute approximate surface area is 154 Å². The van der Waals surface area contributed by atoms with E-state index in [0.717, 1.165) is 5.69 Å². The van der Waals surface area contributed by atoms with Crippen LogP contribution in [0.3, 0.4) is 0 Å². The van der Waals surface area contributed by atoms with E-state index in [2.05, 4.69) is 10.2 Å². The molecule has 0 radical (unpaired) electrons. The molecular weight excluding hydrogens is 313 g/mol. The van der Waals surface area contributed by atoms with Crippen LogP contribution in [0.2, 0.25) is 0 Å². The van der Waals surface area contributed by atoms with Crippen LogP contribution in [0, 0.1) is 0 Å². The third-order valence-corrected chi connectivity index (χ3v) is 4.70. The van der Waals surface area contributed by atoms with Crippen molar-refractivity contribution < 1.29 is 44.0 Å². The van der Waals surface area contributed by atoms with Crippen LogP contribution >= 0.6 is 0 Å². The van der Waals surface area contributed by atoms with Crippen molar-refractivity contribution in [2.75, 3.05) is 14.1 Å². The van der Waals surface area contributed by atoms with Crippen molar-refractivity contribution in [2.24, 2.45) is 10.2 Å². The normalized spacial score (nSPS) is 24.6. The molecule has 22 heavy (non-hydrogen) atoms. The molecule has 0 spiro atoms. The number of azo groups is 1. The Kier molecular flexibility index (Phi) is 6.66. The van der Waals surface area contributed by atoms with Crippen molar-refractivity contribution >= 4 is 15.8 Å². The van der Waals surface area contributed by atoms with Crippen LogP contribution in [-0.4, -0.2) is 42.9 Å². The summed E-state index contributed by atoms with van der Waals surface area (Å²) >= 11 is 0. The molecule has 1 aliphatic carbocycles. The number of likely N-dealkylation sites (N-methyl/N-ethyl adjacent to an activating group) is 1. The monoisotopic (exact) mass is 331 g/mol. The van der Waals surface area contributed by atoms with Crippen molar-refractivity contribution in [3.63, 3.8) is 0 Å². The van der Waals surface area contributed by atoms with Crippen LogP contribution in [0.5, 0.6) is 0 Å². The van der Waals surface area contributed by atoms with E-state index in [1.807, 2.05) is 30.3 Å². The van der Waals surface area contributed by atoms with Gasteiger partial charge >= 0.3 is 29.6 Å². The maximum absolute atomic E-state index is 11.6. The van der Waals surface area contributed by atoms with E-state index in [9.17, 15) is 13.0 Å². The number of hydrogen-bond donors (Lipinski definition) is 1. The number of nitrogens with zero attached hydrogens (tertiary/aromatic N) is 3. The topological polar surface area (TPSA) is 82.3 Å². The van der Waals surface area contributed by atoms with Gasteiger partial charge in [0.25, 0.3) is 10.1 Å². The Morgan fingerprint density at radius 1 is 1.18 bits per heavy atom. The summed E-state index contributed by atoms with van der Waals surface area (Å²) in [7, 11) is -1.14. The van der Waals surface area contributed by atoms with E-state index in [1.165, 1.54) is 17.1 Å². The van der Waals surface area contributed by atoms with Gasteiger partial charge in [-0.3, -0.25) is 9.45 Å². The molecule has 0 bridgehead atoms. The molecule has 0 atom stereocenters. The SMILES string of the molecule is CN(C)C1(S(=O)(=O)O)C=CC(N=Nc2ccccc2)C=C1.[H-].[Na+]. The second-order valence-electron chi connectivity index (χ2n) is 4.88. The van der Waals surface area contributed by atoms with Crippen molar-refractivity contribution in [1.82, 2.24) is 4.90 Å². The Balaban J connectivity index is 0.00000242. The smallest absolute Gasteiger partial charge is 1.00 e. The third-order valence-electron chi connectivity index (χ3n) is 3.24. The minimum atomic E-state index is -4.30. The van der Waals surface area contributed by atoms with E-state index in [1.54, 1.807) is 26.2 Å². The summed E-state index contributed by atoms with van der Waals surface area (Å²) in [5.74, 6) is 0. The van der Waals surface area contributed by atoms with Gasteiger partial charge in [0.2, 0.25) is 0 Å². The fraction of sp³-hybridized carbons (Fsp3) is 0.286. The molecule has 0 unspecified atom stereocenters. The Bertz CT molecular complexity index is 676. The molecule has 0 aliphatic heterocycles. The van der Waals surface area contributed by atoms with Crippen LogP contribution in [0.25, 0.3) is 0 Å². The van der Waals surface area contributed by atoms with E-state index in [-0.39, 0.29) is 37.0 Å². The molecule has 0 saturated heterocycles. The molecule has 0 heterocycles. The molecule has 1 N–H and O–H groups in total. The molecular formula is C14H18N3NaO3S. The fourth-order valence-electron chi connectivity index (χ4n) is 2.00. The summed E-state index contributed by atoms with van der Waals surface area (Å²) in [4.78, 5) is -0.133. The Morgan fingerprint density at radius 3 is 2.18 bits per heavy atom. The van der Waals surface area contributed by atoms with Crippen LogP contribution < -0.4 is 29.6 Å². The maximum atomic E-state index is 11.6. The van der Waals surface area contributed by atoms with Gasteiger partial charge in [-0.05, 0) is 38.4 Å². The largest absolute Gasteiger partial charge is 1.00 e. The zero-order chi connectivity index (χ0) is 15.5. The van der Waals surface area contributed by atoms with E-state index in [0.29, 0.717) is 0 Å². The summed E-state index contributed by atoms with van der Waals surface area (Å²) in [6.45, 7) is 0. The molecule has 2 rings (SSSR count). The first-order valence-corrected chi connectivity index (χ1v) is 7.78. The first kappa shape index (κ1) is 19.2. The second-order valence-corrected chi connectivity index (χ2v) is 6.49. The van der Waals surface area contributed by atoms with Crippen LogP contribution in [0.1, 0.15) is 1.43 Å².